The summed E-state index contributed by atoms with van der Waals surface area (Å²) in [6.07, 6.45) is 81.6. The number of hydrogen-bond donors (Lipinski definition) is 0. The van der Waals surface area contributed by atoms with Gasteiger partial charge in [-0.1, -0.05) is 286 Å². The van der Waals surface area contributed by atoms with Crippen molar-refractivity contribution in [1.29, 1.82) is 0 Å². The fraction of sp³-hybridized carbons (Fsp3) is 0.750. The zero-order valence-corrected chi connectivity index (χ0v) is 48.8. The molecule has 0 saturated heterocycles. The van der Waals surface area contributed by atoms with Crippen LogP contribution in [0.1, 0.15) is 310 Å². The number of hydrogen-bond acceptors (Lipinski definition) is 6. The molecule has 0 heterocycles. The van der Waals surface area contributed by atoms with Crippen LogP contribution in [0.5, 0.6) is 0 Å². The molecule has 1 unspecified atom stereocenters. The van der Waals surface area contributed by atoms with Crippen molar-refractivity contribution >= 4 is 17.9 Å². The molecule has 0 N–H and O–H groups in total. The minimum absolute atomic E-state index is 0.0770. The Kier molecular flexibility index (Phi) is 59.3. The van der Waals surface area contributed by atoms with Gasteiger partial charge in [0.15, 0.2) is 6.10 Å². The molecule has 0 fully saturated rings. The second-order valence-electron chi connectivity index (χ2n) is 20.9. The average Bonchev–Trinajstić information content (AvgIpc) is 3.40. The molecule has 6 heteroatoms. The lowest BCUT2D eigenvalue weighted by molar-refractivity contribution is -0.167. The van der Waals surface area contributed by atoms with Crippen LogP contribution in [0.4, 0.5) is 0 Å². The predicted molar refractivity (Wildman–Crippen MR) is 321 cm³/mol. The Hall–Kier alpha value is -3.41. The maximum absolute atomic E-state index is 12.9. The lowest BCUT2D eigenvalue weighted by Crippen LogP contribution is -2.30. The van der Waals surface area contributed by atoms with Gasteiger partial charge in [-0.3, -0.25) is 14.4 Å². The first-order chi connectivity index (χ1) is 36.5. The summed E-state index contributed by atoms with van der Waals surface area (Å²) >= 11 is 0. The van der Waals surface area contributed by atoms with E-state index in [4.69, 9.17) is 14.2 Å². The van der Waals surface area contributed by atoms with Crippen LogP contribution in [0.2, 0.25) is 0 Å². The zero-order chi connectivity index (χ0) is 53.6. The summed E-state index contributed by atoms with van der Waals surface area (Å²) in [5, 5.41) is 0. The molecule has 0 aromatic carbocycles. The monoisotopic (exact) mass is 1030 g/mol. The molecule has 0 spiro atoms. The summed E-state index contributed by atoms with van der Waals surface area (Å²) in [4.78, 5) is 38.2. The van der Waals surface area contributed by atoms with E-state index >= 15 is 0 Å². The van der Waals surface area contributed by atoms with Crippen molar-refractivity contribution in [3.63, 3.8) is 0 Å². The van der Waals surface area contributed by atoms with E-state index in [0.29, 0.717) is 19.3 Å². The number of carbonyl (C=O) groups is 3. The van der Waals surface area contributed by atoms with Crippen LogP contribution in [-0.4, -0.2) is 37.2 Å². The quantitative estimate of drug-likeness (QED) is 0.0261. The molecule has 74 heavy (non-hydrogen) atoms. The molecule has 0 aliphatic rings. The van der Waals surface area contributed by atoms with Crippen molar-refractivity contribution in [2.75, 3.05) is 13.2 Å². The summed E-state index contributed by atoms with van der Waals surface area (Å²) in [5.74, 6) is -0.875. The highest BCUT2D eigenvalue weighted by Crippen LogP contribution is 2.17. The van der Waals surface area contributed by atoms with Gasteiger partial charge >= 0.3 is 17.9 Å². The van der Waals surface area contributed by atoms with Crippen LogP contribution < -0.4 is 0 Å². The van der Waals surface area contributed by atoms with Gasteiger partial charge in [-0.05, 0) is 89.9 Å². The second kappa shape index (κ2) is 62.1. The number of allylic oxidation sites excluding steroid dienone is 14. The third kappa shape index (κ3) is 59.5. The van der Waals surface area contributed by atoms with E-state index in [9.17, 15) is 14.4 Å². The number of carbonyl (C=O) groups excluding carboxylic acids is 3. The number of ether oxygens (including phenoxy) is 3. The van der Waals surface area contributed by atoms with Crippen LogP contribution in [-0.2, 0) is 28.6 Å². The smallest absolute Gasteiger partial charge is 0.306 e. The lowest BCUT2D eigenvalue weighted by Gasteiger charge is -2.18. The molecular formula is C68H118O6. The standard InChI is InChI=1S/C68H118O6/c1-4-7-10-13-16-19-22-25-27-29-30-31-32-33-34-35-36-37-38-40-41-43-46-49-52-55-58-61-67(70)73-64-65(63-72-66(69)60-57-54-51-48-45-24-21-18-15-12-9-6-3)74-68(71)62-59-56-53-50-47-44-42-39-28-26-23-20-17-14-11-8-5-2/h7-8,10-11,16-17,19-20,25-28,30-31,65H,4-6,9,12-15,18,21-24,29,32-64H2,1-3H3/b10-7-,11-8-,19-16-,20-17-,27-25-,28-26-,31-30-. The van der Waals surface area contributed by atoms with Crippen LogP contribution in [0.25, 0.3) is 0 Å². The number of unbranched alkanes of at least 4 members (excludes halogenated alkanes) is 32. The average molecular weight is 1030 g/mol. The molecule has 0 radical (unpaired) electrons. The fourth-order valence-electron chi connectivity index (χ4n) is 8.98. The fourth-order valence-corrected chi connectivity index (χ4v) is 8.98. The largest absolute Gasteiger partial charge is 0.462 e. The molecule has 0 saturated carbocycles. The minimum Gasteiger partial charge on any atom is -0.462 e. The highest BCUT2D eigenvalue weighted by Gasteiger charge is 2.19. The van der Waals surface area contributed by atoms with Gasteiger partial charge in [0.25, 0.3) is 0 Å². The van der Waals surface area contributed by atoms with E-state index in [1.165, 1.54) is 161 Å². The van der Waals surface area contributed by atoms with Crippen molar-refractivity contribution < 1.29 is 28.6 Å². The van der Waals surface area contributed by atoms with Gasteiger partial charge in [-0.15, -0.1) is 0 Å². The normalized spacial score (nSPS) is 12.6. The van der Waals surface area contributed by atoms with Gasteiger partial charge in [0.1, 0.15) is 13.2 Å². The Morgan fingerprint density at radius 3 is 0.824 bits per heavy atom. The van der Waals surface area contributed by atoms with Gasteiger partial charge in [-0.25, -0.2) is 0 Å². The Labute approximate surface area is 458 Å². The molecule has 426 valence electrons. The van der Waals surface area contributed by atoms with E-state index < -0.39 is 6.10 Å². The van der Waals surface area contributed by atoms with Crippen molar-refractivity contribution in [1.82, 2.24) is 0 Å². The van der Waals surface area contributed by atoms with Crippen molar-refractivity contribution in [3.8, 4) is 0 Å². The van der Waals surface area contributed by atoms with Crippen molar-refractivity contribution in [2.24, 2.45) is 0 Å². The predicted octanol–water partition coefficient (Wildman–Crippen LogP) is 21.5. The summed E-state index contributed by atoms with van der Waals surface area (Å²) in [5.41, 5.74) is 0. The van der Waals surface area contributed by atoms with Crippen molar-refractivity contribution in [3.05, 3.63) is 85.1 Å². The number of rotatable bonds is 57. The van der Waals surface area contributed by atoms with Gasteiger partial charge in [0.05, 0.1) is 0 Å². The highest BCUT2D eigenvalue weighted by atomic mass is 16.6. The third-order valence-electron chi connectivity index (χ3n) is 13.6. The Morgan fingerprint density at radius 1 is 0.284 bits per heavy atom. The van der Waals surface area contributed by atoms with Crippen LogP contribution in [0.15, 0.2) is 85.1 Å². The van der Waals surface area contributed by atoms with Gasteiger partial charge in [0, 0.05) is 19.3 Å². The molecule has 1 atom stereocenters. The number of esters is 3. The molecular weight excluding hydrogens is 913 g/mol. The van der Waals surface area contributed by atoms with Gasteiger partial charge in [0.2, 0.25) is 0 Å². The summed E-state index contributed by atoms with van der Waals surface area (Å²) in [6, 6.07) is 0. The molecule has 0 aromatic heterocycles. The summed E-state index contributed by atoms with van der Waals surface area (Å²) in [6.45, 7) is 6.44. The Bertz CT molecular complexity index is 1420. The van der Waals surface area contributed by atoms with E-state index in [-0.39, 0.29) is 31.1 Å². The Morgan fingerprint density at radius 2 is 0.527 bits per heavy atom. The van der Waals surface area contributed by atoms with E-state index in [1.807, 2.05) is 0 Å². The maximum atomic E-state index is 12.9. The minimum atomic E-state index is -0.780. The van der Waals surface area contributed by atoms with Gasteiger partial charge < -0.3 is 14.2 Å². The highest BCUT2D eigenvalue weighted by molar-refractivity contribution is 5.71. The molecule has 0 aliphatic heterocycles. The van der Waals surface area contributed by atoms with E-state index in [1.54, 1.807) is 0 Å². The second-order valence-corrected chi connectivity index (χ2v) is 20.9. The molecule has 0 aliphatic carbocycles. The molecule has 0 aromatic rings. The zero-order valence-electron chi connectivity index (χ0n) is 48.8. The van der Waals surface area contributed by atoms with Crippen molar-refractivity contribution in [2.45, 2.75) is 316 Å². The summed E-state index contributed by atoms with van der Waals surface area (Å²) < 4.78 is 16.9. The van der Waals surface area contributed by atoms with Crippen LogP contribution in [0.3, 0.4) is 0 Å². The first-order valence-electron chi connectivity index (χ1n) is 31.6. The van der Waals surface area contributed by atoms with Gasteiger partial charge in [-0.2, -0.15) is 0 Å². The molecule has 6 nitrogen and oxygen atoms in total. The maximum Gasteiger partial charge on any atom is 0.306 e. The van der Waals surface area contributed by atoms with Crippen LogP contribution in [0, 0.1) is 0 Å². The SMILES string of the molecule is CC/C=C\C/C=C\C/C=C\C/C=C\CCCCCCCCCCCCCCCCC(=O)OCC(COC(=O)CCCCCCCCCCCCCC)OC(=O)CCCCCCCCC/C=C\C/C=C\C/C=C\CC. The first-order valence-corrected chi connectivity index (χ1v) is 31.6. The topological polar surface area (TPSA) is 78.9 Å². The lowest BCUT2D eigenvalue weighted by atomic mass is 10.0. The Balaban J connectivity index is 4.25. The third-order valence-corrected chi connectivity index (χ3v) is 13.6. The first kappa shape index (κ1) is 70.6. The van der Waals surface area contributed by atoms with E-state index in [2.05, 4.69) is 106 Å². The van der Waals surface area contributed by atoms with Crippen LogP contribution >= 0.6 is 0 Å². The van der Waals surface area contributed by atoms with E-state index in [0.717, 1.165) is 109 Å². The molecule has 0 amide bonds. The molecule has 0 rings (SSSR count). The molecule has 0 bridgehead atoms. The summed E-state index contributed by atoms with van der Waals surface area (Å²) in [7, 11) is 0.